The quantitative estimate of drug-likeness (QED) is 0.433. The van der Waals surface area contributed by atoms with Gasteiger partial charge in [-0.2, -0.15) is 0 Å². The SMILES string of the molecule is CC1C=CC2CCCC12. The van der Waals surface area contributed by atoms with Gasteiger partial charge in [-0.1, -0.05) is 25.5 Å². The van der Waals surface area contributed by atoms with Crippen molar-refractivity contribution < 1.29 is 0 Å². The van der Waals surface area contributed by atoms with Gasteiger partial charge in [0.05, 0.1) is 0 Å². The smallest absolute Gasteiger partial charge is 0.0200 e. The molecule has 9 heavy (non-hydrogen) atoms. The van der Waals surface area contributed by atoms with Crippen LogP contribution in [-0.2, 0) is 0 Å². The molecule has 2 rings (SSSR count). The van der Waals surface area contributed by atoms with Gasteiger partial charge in [-0.15, -0.1) is 0 Å². The number of hydrogen-bond donors (Lipinski definition) is 0. The Balaban J connectivity index is 2.15. The van der Waals surface area contributed by atoms with Crippen LogP contribution in [-0.4, -0.2) is 0 Å². The first-order chi connectivity index (χ1) is 4.38. The lowest BCUT2D eigenvalue weighted by Crippen LogP contribution is -2.05. The lowest BCUT2D eigenvalue weighted by molar-refractivity contribution is 0.402. The monoisotopic (exact) mass is 122 g/mol. The van der Waals surface area contributed by atoms with Crippen LogP contribution in [0.3, 0.4) is 0 Å². The van der Waals surface area contributed by atoms with Crippen molar-refractivity contribution in [3.05, 3.63) is 12.2 Å². The minimum absolute atomic E-state index is 0.887. The van der Waals surface area contributed by atoms with E-state index in [4.69, 9.17) is 0 Å². The number of hydrogen-bond acceptors (Lipinski definition) is 0. The molecule has 0 saturated heterocycles. The molecule has 0 amide bonds. The van der Waals surface area contributed by atoms with Crippen LogP contribution in [0.25, 0.3) is 0 Å². The number of rotatable bonds is 0. The minimum Gasteiger partial charge on any atom is -0.0851 e. The second kappa shape index (κ2) is 1.86. The molecule has 0 heteroatoms. The molecule has 3 unspecified atom stereocenters. The highest BCUT2D eigenvalue weighted by Crippen LogP contribution is 2.42. The van der Waals surface area contributed by atoms with E-state index in [1.807, 2.05) is 0 Å². The molecule has 50 valence electrons. The molecule has 0 bridgehead atoms. The Hall–Kier alpha value is -0.260. The van der Waals surface area contributed by atoms with Gasteiger partial charge in [-0.25, -0.2) is 0 Å². The third-order valence-corrected chi connectivity index (χ3v) is 2.96. The summed E-state index contributed by atoms with van der Waals surface area (Å²) in [6.07, 6.45) is 9.26. The van der Waals surface area contributed by atoms with E-state index in [0.29, 0.717) is 0 Å². The Kier molecular flexibility index (Phi) is 1.14. The number of fused-ring (bicyclic) bond motifs is 1. The summed E-state index contributed by atoms with van der Waals surface area (Å²) in [5.74, 6) is 2.89. The average molecular weight is 122 g/mol. The zero-order valence-electron chi connectivity index (χ0n) is 6.01. The summed E-state index contributed by atoms with van der Waals surface area (Å²) < 4.78 is 0. The first kappa shape index (κ1) is 5.52. The Morgan fingerprint density at radius 1 is 1.22 bits per heavy atom. The van der Waals surface area contributed by atoms with Crippen molar-refractivity contribution in [3.63, 3.8) is 0 Å². The number of allylic oxidation sites excluding steroid dienone is 2. The van der Waals surface area contributed by atoms with Gasteiger partial charge in [0.25, 0.3) is 0 Å². The maximum atomic E-state index is 2.43. The second-order valence-electron chi connectivity index (χ2n) is 3.50. The molecule has 0 aromatic heterocycles. The molecule has 0 nitrogen and oxygen atoms in total. The Labute approximate surface area is 57.0 Å². The molecule has 2 aliphatic carbocycles. The molecule has 1 saturated carbocycles. The Morgan fingerprint density at radius 2 is 2.11 bits per heavy atom. The largest absolute Gasteiger partial charge is 0.0851 e. The molecular weight excluding hydrogens is 108 g/mol. The highest BCUT2D eigenvalue weighted by molar-refractivity contribution is 5.07. The predicted molar refractivity (Wildman–Crippen MR) is 39.1 cm³/mol. The standard InChI is InChI=1S/C9H14/c1-7-5-6-8-3-2-4-9(7)8/h5-9H,2-4H2,1H3. The summed E-state index contributed by atoms with van der Waals surface area (Å²) in [7, 11) is 0. The zero-order chi connectivity index (χ0) is 6.27. The molecule has 0 N–H and O–H groups in total. The van der Waals surface area contributed by atoms with Gasteiger partial charge < -0.3 is 0 Å². The van der Waals surface area contributed by atoms with E-state index < -0.39 is 0 Å². The highest BCUT2D eigenvalue weighted by atomic mass is 14.4. The Bertz CT molecular complexity index is 135. The van der Waals surface area contributed by atoms with Gasteiger partial charge in [-0.3, -0.25) is 0 Å². The average Bonchev–Trinajstić information content (AvgIpc) is 2.35. The van der Waals surface area contributed by atoms with E-state index in [0.717, 1.165) is 17.8 Å². The molecule has 0 aromatic carbocycles. The van der Waals surface area contributed by atoms with E-state index >= 15 is 0 Å². The van der Waals surface area contributed by atoms with Crippen LogP contribution in [0.4, 0.5) is 0 Å². The molecule has 0 aliphatic heterocycles. The van der Waals surface area contributed by atoms with Crippen molar-refractivity contribution in [1.82, 2.24) is 0 Å². The minimum atomic E-state index is 0.887. The van der Waals surface area contributed by atoms with Crippen molar-refractivity contribution in [2.75, 3.05) is 0 Å². The van der Waals surface area contributed by atoms with Crippen molar-refractivity contribution in [2.24, 2.45) is 17.8 Å². The summed E-state index contributed by atoms with van der Waals surface area (Å²) in [5.41, 5.74) is 0. The summed E-state index contributed by atoms with van der Waals surface area (Å²) in [4.78, 5) is 0. The maximum absolute atomic E-state index is 2.43. The first-order valence-corrected chi connectivity index (χ1v) is 4.06. The van der Waals surface area contributed by atoms with Gasteiger partial charge in [0.2, 0.25) is 0 Å². The second-order valence-corrected chi connectivity index (χ2v) is 3.50. The molecular formula is C9H14. The predicted octanol–water partition coefficient (Wildman–Crippen LogP) is 2.61. The van der Waals surface area contributed by atoms with Crippen molar-refractivity contribution >= 4 is 0 Å². The normalized spacial score (nSPS) is 47.9. The molecule has 1 fully saturated rings. The van der Waals surface area contributed by atoms with Crippen LogP contribution in [0.2, 0.25) is 0 Å². The first-order valence-electron chi connectivity index (χ1n) is 4.06. The van der Waals surface area contributed by atoms with Gasteiger partial charge in [0, 0.05) is 0 Å². The lowest BCUT2D eigenvalue weighted by atomic mass is 9.92. The molecule has 0 radical (unpaired) electrons. The third kappa shape index (κ3) is 0.726. The fraction of sp³-hybridized carbons (Fsp3) is 0.778. The van der Waals surface area contributed by atoms with Crippen LogP contribution in [0.15, 0.2) is 12.2 Å². The van der Waals surface area contributed by atoms with Crippen molar-refractivity contribution in [2.45, 2.75) is 26.2 Å². The molecule has 3 atom stereocenters. The van der Waals surface area contributed by atoms with Gasteiger partial charge >= 0.3 is 0 Å². The molecule has 0 aromatic rings. The van der Waals surface area contributed by atoms with Crippen LogP contribution < -0.4 is 0 Å². The lowest BCUT2D eigenvalue weighted by Gasteiger charge is -2.12. The highest BCUT2D eigenvalue weighted by Gasteiger charge is 2.32. The fourth-order valence-electron chi connectivity index (χ4n) is 2.37. The van der Waals surface area contributed by atoms with E-state index in [9.17, 15) is 0 Å². The Morgan fingerprint density at radius 3 is 2.89 bits per heavy atom. The van der Waals surface area contributed by atoms with Gasteiger partial charge in [0.15, 0.2) is 0 Å². The maximum Gasteiger partial charge on any atom is -0.0200 e. The van der Waals surface area contributed by atoms with Crippen LogP contribution in [0.5, 0.6) is 0 Å². The topological polar surface area (TPSA) is 0 Å². The molecule has 0 spiro atoms. The van der Waals surface area contributed by atoms with Crippen LogP contribution >= 0.6 is 0 Å². The fourth-order valence-corrected chi connectivity index (χ4v) is 2.37. The summed E-state index contributed by atoms with van der Waals surface area (Å²) >= 11 is 0. The summed E-state index contributed by atoms with van der Waals surface area (Å²) in [6, 6.07) is 0. The van der Waals surface area contributed by atoms with E-state index in [1.54, 1.807) is 0 Å². The molecule has 2 aliphatic rings. The summed E-state index contributed by atoms with van der Waals surface area (Å²) in [5, 5.41) is 0. The third-order valence-electron chi connectivity index (χ3n) is 2.96. The van der Waals surface area contributed by atoms with Crippen LogP contribution in [0, 0.1) is 17.8 Å². The van der Waals surface area contributed by atoms with Crippen molar-refractivity contribution in [3.8, 4) is 0 Å². The molecule has 0 heterocycles. The van der Waals surface area contributed by atoms with Crippen LogP contribution in [0.1, 0.15) is 26.2 Å². The van der Waals surface area contributed by atoms with Crippen molar-refractivity contribution in [1.29, 1.82) is 0 Å². The van der Waals surface area contributed by atoms with E-state index in [2.05, 4.69) is 19.1 Å². The van der Waals surface area contributed by atoms with E-state index in [1.165, 1.54) is 19.3 Å². The summed E-state index contributed by atoms with van der Waals surface area (Å²) in [6.45, 7) is 2.35. The zero-order valence-corrected chi connectivity index (χ0v) is 6.01. The van der Waals surface area contributed by atoms with Gasteiger partial charge in [-0.05, 0) is 30.6 Å². The van der Waals surface area contributed by atoms with Gasteiger partial charge in [0.1, 0.15) is 0 Å². The van der Waals surface area contributed by atoms with E-state index in [-0.39, 0.29) is 0 Å².